The lowest BCUT2D eigenvalue weighted by atomic mass is 10.1. The minimum absolute atomic E-state index is 0.0345. The minimum Gasteiger partial charge on any atom is -0.493 e. The first-order chi connectivity index (χ1) is 13.1. The summed E-state index contributed by atoms with van der Waals surface area (Å²) < 4.78 is 30.9. The van der Waals surface area contributed by atoms with Crippen LogP contribution >= 0.6 is 23.8 Å². The summed E-state index contributed by atoms with van der Waals surface area (Å²) in [5.41, 5.74) is 0.962. The molecule has 1 aliphatic heterocycles. The highest BCUT2D eigenvalue weighted by molar-refractivity contribution is 7.80. The van der Waals surface area contributed by atoms with Crippen LogP contribution in [0.4, 0.5) is 4.39 Å². The topological polar surface area (TPSA) is 39.7 Å². The number of benzene rings is 2. The molecular weight excluding hydrogens is 389 g/mol. The van der Waals surface area contributed by atoms with Crippen molar-refractivity contribution in [1.82, 2.24) is 5.32 Å². The molecule has 0 radical (unpaired) electrons. The zero-order valence-corrected chi connectivity index (χ0v) is 16.5. The largest absolute Gasteiger partial charge is 0.493 e. The summed E-state index contributed by atoms with van der Waals surface area (Å²) in [4.78, 5) is 0.527. The first-order valence-corrected chi connectivity index (χ1v) is 9.51. The van der Waals surface area contributed by atoms with Crippen LogP contribution in [0.2, 0.25) is 5.02 Å². The Morgan fingerprint density at radius 3 is 2.85 bits per heavy atom. The molecule has 1 fully saturated rings. The summed E-state index contributed by atoms with van der Waals surface area (Å²) in [6.07, 6.45) is 2.24. The third-order valence-electron chi connectivity index (χ3n) is 4.38. The van der Waals surface area contributed by atoms with Crippen LogP contribution in [-0.4, -0.2) is 31.4 Å². The van der Waals surface area contributed by atoms with Gasteiger partial charge in [0.2, 0.25) is 0 Å². The van der Waals surface area contributed by atoms with Gasteiger partial charge in [0.1, 0.15) is 17.4 Å². The number of ether oxygens (including phenoxy) is 3. The lowest BCUT2D eigenvalue weighted by molar-refractivity contribution is 0.114. The van der Waals surface area contributed by atoms with Gasteiger partial charge in [0.25, 0.3) is 0 Å². The standard InChI is InChI=1S/C20H21ClFNO3S/c1-24-18-9-2-6-14(20(27)23-11-13-5-4-10-25-13)19(18)26-12-15-16(21)7-3-8-17(15)22/h2-3,6-9,13H,4-5,10-12H2,1H3,(H,23,27)/t13-/m1/s1. The molecule has 4 nitrogen and oxygen atoms in total. The van der Waals surface area contributed by atoms with Crippen molar-refractivity contribution in [2.75, 3.05) is 20.3 Å². The second-order valence-corrected chi connectivity index (χ2v) is 6.99. The van der Waals surface area contributed by atoms with Crippen molar-refractivity contribution < 1.29 is 18.6 Å². The van der Waals surface area contributed by atoms with Gasteiger partial charge in [-0.15, -0.1) is 0 Å². The molecule has 0 bridgehead atoms. The molecule has 7 heteroatoms. The summed E-state index contributed by atoms with van der Waals surface area (Å²) in [5, 5.41) is 3.53. The maximum atomic E-state index is 14.0. The van der Waals surface area contributed by atoms with Gasteiger partial charge in [0.15, 0.2) is 11.5 Å². The second kappa shape index (κ2) is 9.35. The van der Waals surface area contributed by atoms with Gasteiger partial charge in [-0.25, -0.2) is 4.39 Å². The quantitative estimate of drug-likeness (QED) is 0.681. The number of nitrogens with one attached hydrogen (secondary N) is 1. The Hall–Kier alpha value is -1.89. The smallest absolute Gasteiger partial charge is 0.171 e. The van der Waals surface area contributed by atoms with E-state index in [4.69, 9.17) is 38.0 Å². The molecule has 0 spiro atoms. The Morgan fingerprint density at radius 2 is 2.15 bits per heavy atom. The van der Waals surface area contributed by atoms with Crippen molar-refractivity contribution in [2.24, 2.45) is 0 Å². The van der Waals surface area contributed by atoms with Crippen molar-refractivity contribution in [2.45, 2.75) is 25.6 Å². The van der Waals surface area contributed by atoms with E-state index in [0.29, 0.717) is 33.6 Å². The van der Waals surface area contributed by atoms with Crippen LogP contribution in [0.15, 0.2) is 36.4 Å². The summed E-state index contributed by atoms with van der Waals surface area (Å²) in [5.74, 6) is 0.545. The fourth-order valence-corrected chi connectivity index (χ4v) is 3.39. The molecule has 0 aromatic heterocycles. The highest BCUT2D eigenvalue weighted by Gasteiger charge is 2.19. The van der Waals surface area contributed by atoms with E-state index in [-0.39, 0.29) is 18.3 Å². The lowest BCUT2D eigenvalue weighted by Gasteiger charge is -2.18. The fourth-order valence-electron chi connectivity index (χ4n) is 2.93. The van der Waals surface area contributed by atoms with Crippen LogP contribution in [0, 0.1) is 5.82 Å². The van der Waals surface area contributed by atoms with E-state index in [1.165, 1.54) is 6.07 Å². The predicted octanol–water partition coefficient (Wildman–Crippen LogP) is 4.51. The fraction of sp³-hybridized carbons (Fsp3) is 0.350. The molecule has 2 aromatic rings. The molecule has 0 saturated carbocycles. The number of rotatable bonds is 7. The lowest BCUT2D eigenvalue weighted by Crippen LogP contribution is -2.31. The summed E-state index contributed by atoms with van der Waals surface area (Å²) in [6.45, 7) is 1.39. The summed E-state index contributed by atoms with van der Waals surface area (Å²) >= 11 is 11.6. The normalized spacial score (nSPS) is 16.2. The molecule has 0 unspecified atom stereocenters. The van der Waals surface area contributed by atoms with Crippen LogP contribution in [0.5, 0.6) is 11.5 Å². The molecule has 1 saturated heterocycles. The third-order valence-corrected chi connectivity index (χ3v) is 5.10. The zero-order chi connectivity index (χ0) is 19.2. The minimum atomic E-state index is -0.418. The van der Waals surface area contributed by atoms with Gasteiger partial charge >= 0.3 is 0 Å². The van der Waals surface area contributed by atoms with Crippen LogP contribution in [-0.2, 0) is 11.3 Å². The van der Waals surface area contributed by atoms with Crippen molar-refractivity contribution in [1.29, 1.82) is 0 Å². The molecule has 2 aromatic carbocycles. The molecule has 1 heterocycles. The first-order valence-electron chi connectivity index (χ1n) is 8.72. The van der Waals surface area contributed by atoms with Crippen molar-refractivity contribution in [3.63, 3.8) is 0 Å². The first kappa shape index (κ1) is 19.9. The van der Waals surface area contributed by atoms with E-state index in [1.807, 2.05) is 12.1 Å². The van der Waals surface area contributed by atoms with E-state index in [9.17, 15) is 4.39 Å². The average molecular weight is 410 g/mol. The van der Waals surface area contributed by atoms with E-state index in [0.717, 1.165) is 19.4 Å². The Morgan fingerprint density at radius 1 is 1.33 bits per heavy atom. The molecule has 144 valence electrons. The van der Waals surface area contributed by atoms with Crippen molar-refractivity contribution in [3.05, 3.63) is 58.4 Å². The highest BCUT2D eigenvalue weighted by Crippen LogP contribution is 2.33. The van der Waals surface area contributed by atoms with E-state index in [1.54, 1.807) is 25.3 Å². The van der Waals surface area contributed by atoms with E-state index >= 15 is 0 Å². The van der Waals surface area contributed by atoms with Crippen LogP contribution in [0.3, 0.4) is 0 Å². The van der Waals surface area contributed by atoms with Crippen molar-refractivity contribution in [3.8, 4) is 11.5 Å². The SMILES string of the molecule is COc1cccc(C(=S)NC[C@H]2CCCO2)c1OCc1c(F)cccc1Cl. The maximum absolute atomic E-state index is 14.0. The zero-order valence-electron chi connectivity index (χ0n) is 15.0. The second-order valence-electron chi connectivity index (χ2n) is 6.17. The van der Waals surface area contributed by atoms with Crippen LogP contribution in [0.25, 0.3) is 0 Å². The number of hydrogen-bond acceptors (Lipinski definition) is 4. The van der Waals surface area contributed by atoms with Crippen molar-refractivity contribution >= 4 is 28.8 Å². The predicted molar refractivity (Wildman–Crippen MR) is 107 cm³/mol. The molecule has 27 heavy (non-hydrogen) atoms. The van der Waals surface area contributed by atoms with Gasteiger partial charge < -0.3 is 19.5 Å². The molecule has 3 rings (SSSR count). The Kier molecular flexibility index (Phi) is 6.88. The Bertz CT molecular complexity index is 792. The molecule has 1 aliphatic rings. The van der Waals surface area contributed by atoms with Gasteiger partial charge in [0.05, 0.1) is 23.8 Å². The summed E-state index contributed by atoms with van der Waals surface area (Å²) in [6, 6.07) is 9.97. The highest BCUT2D eigenvalue weighted by atomic mass is 35.5. The van der Waals surface area contributed by atoms with Gasteiger partial charge in [-0.2, -0.15) is 0 Å². The van der Waals surface area contributed by atoms with Crippen LogP contribution in [0.1, 0.15) is 24.0 Å². The number of para-hydroxylation sites is 1. The van der Waals surface area contributed by atoms with Gasteiger partial charge in [-0.05, 0) is 37.1 Å². The third kappa shape index (κ3) is 4.89. The molecule has 0 aliphatic carbocycles. The molecule has 1 N–H and O–H groups in total. The van der Waals surface area contributed by atoms with E-state index < -0.39 is 5.82 Å². The molecule has 1 atom stereocenters. The van der Waals surface area contributed by atoms with Gasteiger partial charge in [-0.1, -0.05) is 36.0 Å². The number of methoxy groups -OCH3 is 1. The molecule has 0 amide bonds. The number of halogens is 2. The van der Waals surface area contributed by atoms with Gasteiger partial charge in [-0.3, -0.25) is 0 Å². The average Bonchev–Trinajstić information content (AvgIpc) is 3.19. The Balaban J connectivity index is 1.77. The number of thiocarbonyl (C=S) groups is 1. The Labute approximate surface area is 168 Å². The monoisotopic (exact) mass is 409 g/mol. The maximum Gasteiger partial charge on any atom is 0.171 e. The van der Waals surface area contributed by atoms with Crippen LogP contribution < -0.4 is 14.8 Å². The summed E-state index contributed by atoms with van der Waals surface area (Å²) in [7, 11) is 1.55. The van der Waals surface area contributed by atoms with E-state index in [2.05, 4.69) is 5.32 Å². The van der Waals surface area contributed by atoms with Gasteiger partial charge in [0, 0.05) is 18.7 Å². The number of hydrogen-bond donors (Lipinski definition) is 1. The molecular formula is C20H21ClFNO3S.